The molecule has 0 spiro atoms. The van der Waals surface area contributed by atoms with Crippen LogP contribution in [-0.4, -0.2) is 38.9 Å². The lowest BCUT2D eigenvalue weighted by molar-refractivity contribution is -0.170. The van der Waals surface area contributed by atoms with E-state index in [-0.39, 0.29) is 11.4 Å². The van der Waals surface area contributed by atoms with Crippen molar-refractivity contribution in [2.24, 2.45) is 5.41 Å². The van der Waals surface area contributed by atoms with E-state index in [1.807, 2.05) is 0 Å². The summed E-state index contributed by atoms with van der Waals surface area (Å²) in [7, 11) is 3.17. The number of fused-ring (bicyclic) bond motifs is 2. The first-order valence-electron chi connectivity index (χ1n) is 4.99. The summed E-state index contributed by atoms with van der Waals surface area (Å²) in [5.41, 5.74) is -0.167. The van der Waals surface area contributed by atoms with Crippen molar-refractivity contribution in [3.63, 3.8) is 0 Å². The molecule has 4 heteroatoms. The lowest BCUT2D eigenvalue weighted by Crippen LogP contribution is -2.71. The van der Waals surface area contributed by atoms with Gasteiger partial charge in [0.15, 0.2) is 0 Å². The highest BCUT2D eigenvalue weighted by Crippen LogP contribution is 2.54. The molecule has 2 saturated heterocycles. The highest BCUT2D eigenvalue weighted by atomic mass is 16.5. The molecule has 80 valence electrons. The highest BCUT2D eigenvalue weighted by molar-refractivity contribution is 5.82. The van der Waals surface area contributed by atoms with Crippen LogP contribution in [0.15, 0.2) is 0 Å². The Morgan fingerprint density at radius 1 is 1.43 bits per heavy atom. The van der Waals surface area contributed by atoms with Crippen molar-refractivity contribution < 1.29 is 14.3 Å². The van der Waals surface area contributed by atoms with Crippen LogP contribution in [0.5, 0.6) is 0 Å². The Morgan fingerprint density at radius 2 is 2.14 bits per heavy atom. The molecule has 0 amide bonds. The van der Waals surface area contributed by atoms with Crippen LogP contribution < -0.4 is 5.32 Å². The Balaban J connectivity index is 2.05. The standard InChI is InChI=1S/C10H17NO3/c1-13-7-9-3-4-11-10(5-9,6-9)8(12)14-2/h11H,3-7H2,1-2H3. The van der Waals surface area contributed by atoms with Crippen LogP contribution in [0, 0.1) is 5.41 Å². The van der Waals surface area contributed by atoms with Crippen LogP contribution in [0.1, 0.15) is 19.3 Å². The van der Waals surface area contributed by atoms with Crippen LogP contribution in [0.25, 0.3) is 0 Å². The summed E-state index contributed by atoms with van der Waals surface area (Å²) in [6, 6.07) is 0. The Morgan fingerprint density at radius 3 is 2.71 bits per heavy atom. The van der Waals surface area contributed by atoms with Gasteiger partial charge in [0.05, 0.1) is 13.7 Å². The fourth-order valence-electron chi connectivity index (χ4n) is 2.99. The van der Waals surface area contributed by atoms with Crippen LogP contribution in [0.3, 0.4) is 0 Å². The van der Waals surface area contributed by atoms with Crippen LogP contribution in [0.2, 0.25) is 0 Å². The molecule has 2 bridgehead atoms. The number of hydrogen-bond donors (Lipinski definition) is 1. The molecule has 2 aliphatic heterocycles. The molecule has 3 aliphatic rings. The van der Waals surface area contributed by atoms with E-state index in [1.165, 1.54) is 7.11 Å². The minimum absolute atomic E-state index is 0.121. The van der Waals surface area contributed by atoms with E-state index in [2.05, 4.69) is 5.32 Å². The molecule has 4 nitrogen and oxygen atoms in total. The number of nitrogens with one attached hydrogen (secondary N) is 1. The Labute approximate surface area is 84.0 Å². The molecule has 2 heterocycles. The van der Waals surface area contributed by atoms with Gasteiger partial charge in [-0.3, -0.25) is 4.79 Å². The topological polar surface area (TPSA) is 47.6 Å². The molecule has 0 radical (unpaired) electrons. The molecule has 0 unspecified atom stereocenters. The van der Waals surface area contributed by atoms with Crippen molar-refractivity contribution in [3.8, 4) is 0 Å². The third kappa shape index (κ3) is 1.25. The minimum Gasteiger partial charge on any atom is -0.468 e. The van der Waals surface area contributed by atoms with Crippen LogP contribution >= 0.6 is 0 Å². The third-order valence-corrected chi connectivity index (χ3v) is 3.50. The van der Waals surface area contributed by atoms with Crippen LogP contribution in [-0.2, 0) is 14.3 Å². The maximum atomic E-state index is 11.5. The molecule has 3 rings (SSSR count). The molecule has 1 aliphatic carbocycles. The number of ether oxygens (including phenoxy) is 2. The zero-order chi connectivity index (χ0) is 10.2. The first kappa shape index (κ1) is 9.93. The predicted molar refractivity (Wildman–Crippen MR) is 50.9 cm³/mol. The molecule has 1 N–H and O–H groups in total. The molecule has 0 aromatic carbocycles. The van der Waals surface area contributed by atoms with Gasteiger partial charge in [-0.1, -0.05) is 0 Å². The predicted octanol–water partition coefficient (Wildman–Crippen LogP) is 0.318. The monoisotopic (exact) mass is 199 g/mol. The van der Waals surface area contributed by atoms with Crippen molar-refractivity contribution in [3.05, 3.63) is 0 Å². The second kappa shape index (κ2) is 3.21. The van der Waals surface area contributed by atoms with Gasteiger partial charge >= 0.3 is 5.97 Å². The fourth-order valence-corrected chi connectivity index (χ4v) is 2.99. The Hall–Kier alpha value is -0.610. The molecule has 0 atom stereocenters. The van der Waals surface area contributed by atoms with Crippen molar-refractivity contribution in [1.29, 1.82) is 0 Å². The van der Waals surface area contributed by atoms with E-state index in [9.17, 15) is 4.79 Å². The van der Waals surface area contributed by atoms with Gasteiger partial charge in [0.25, 0.3) is 0 Å². The van der Waals surface area contributed by atoms with E-state index in [0.717, 1.165) is 32.4 Å². The average molecular weight is 199 g/mol. The number of esters is 1. The molecule has 1 saturated carbocycles. The van der Waals surface area contributed by atoms with Crippen molar-refractivity contribution in [2.45, 2.75) is 24.8 Å². The number of methoxy groups -OCH3 is 2. The van der Waals surface area contributed by atoms with Gasteiger partial charge in [0.1, 0.15) is 5.54 Å². The lowest BCUT2D eigenvalue weighted by Gasteiger charge is -2.58. The third-order valence-electron chi connectivity index (χ3n) is 3.50. The summed E-state index contributed by atoms with van der Waals surface area (Å²) >= 11 is 0. The Kier molecular flexibility index (Phi) is 2.27. The zero-order valence-corrected chi connectivity index (χ0v) is 8.76. The smallest absolute Gasteiger partial charge is 0.326 e. The molecule has 0 aromatic heterocycles. The largest absolute Gasteiger partial charge is 0.468 e. The van der Waals surface area contributed by atoms with E-state index >= 15 is 0 Å². The summed E-state index contributed by atoms with van der Waals surface area (Å²) < 4.78 is 10.0. The maximum absolute atomic E-state index is 11.5. The SMILES string of the molecule is COCC12CCNC(C(=O)OC)(C1)C2. The van der Waals surface area contributed by atoms with E-state index in [0.29, 0.717) is 0 Å². The minimum atomic E-state index is -0.397. The van der Waals surface area contributed by atoms with Gasteiger partial charge in [-0.25, -0.2) is 0 Å². The van der Waals surface area contributed by atoms with Crippen molar-refractivity contribution >= 4 is 5.97 Å². The van der Waals surface area contributed by atoms with Crippen LogP contribution in [0.4, 0.5) is 0 Å². The van der Waals surface area contributed by atoms with Crippen molar-refractivity contribution in [2.75, 3.05) is 27.4 Å². The number of piperidine rings is 2. The first-order valence-corrected chi connectivity index (χ1v) is 4.99. The number of carbonyl (C=O) groups excluding carboxylic acids is 1. The normalized spacial score (nSPS) is 40.1. The van der Waals surface area contributed by atoms with Gasteiger partial charge in [0, 0.05) is 7.11 Å². The first-order chi connectivity index (χ1) is 6.66. The van der Waals surface area contributed by atoms with Gasteiger partial charge in [-0.05, 0) is 31.2 Å². The molecule has 3 fully saturated rings. The molecule has 0 aromatic rings. The van der Waals surface area contributed by atoms with Gasteiger partial charge in [-0.15, -0.1) is 0 Å². The summed E-state index contributed by atoms with van der Waals surface area (Å²) in [4.78, 5) is 11.5. The highest BCUT2D eigenvalue weighted by Gasteiger charge is 2.61. The summed E-state index contributed by atoms with van der Waals surface area (Å²) in [6.07, 6.45) is 2.82. The summed E-state index contributed by atoms with van der Waals surface area (Å²) in [5, 5.41) is 3.27. The molecular weight excluding hydrogens is 182 g/mol. The van der Waals surface area contributed by atoms with E-state index in [1.54, 1.807) is 7.11 Å². The maximum Gasteiger partial charge on any atom is 0.326 e. The van der Waals surface area contributed by atoms with Gasteiger partial charge in [-0.2, -0.15) is 0 Å². The summed E-state index contributed by atoms with van der Waals surface area (Å²) in [6.45, 7) is 1.64. The molecular formula is C10H17NO3. The second-order valence-corrected chi connectivity index (χ2v) is 4.54. The van der Waals surface area contributed by atoms with E-state index < -0.39 is 5.54 Å². The zero-order valence-electron chi connectivity index (χ0n) is 8.76. The summed E-state index contributed by atoms with van der Waals surface area (Å²) in [5.74, 6) is -0.121. The van der Waals surface area contributed by atoms with Gasteiger partial charge < -0.3 is 14.8 Å². The lowest BCUT2D eigenvalue weighted by atomic mass is 9.53. The average Bonchev–Trinajstić information content (AvgIpc) is 2.16. The molecule has 14 heavy (non-hydrogen) atoms. The number of carbonyl (C=O) groups is 1. The number of rotatable bonds is 3. The van der Waals surface area contributed by atoms with Crippen molar-refractivity contribution in [1.82, 2.24) is 5.32 Å². The second-order valence-electron chi connectivity index (χ2n) is 4.54. The van der Waals surface area contributed by atoms with E-state index in [4.69, 9.17) is 9.47 Å². The van der Waals surface area contributed by atoms with Gasteiger partial charge in [0.2, 0.25) is 0 Å². The quantitative estimate of drug-likeness (QED) is 0.665. The number of hydrogen-bond acceptors (Lipinski definition) is 4. The fraction of sp³-hybridized carbons (Fsp3) is 0.900. The Bertz CT molecular complexity index is 242.